The zero-order chi connectivity index (χ0) is 28.6. The van der Waals surface area contributed by atoms with Crippen LogP contribution >= 0.6 is 0 Å². The van der Waals surface area contributed by atoms with Crippen molar-refractivity contribution in [3.63, 3.8) is 0 Å². The van der Waals surface area contributed by atoms with Gasteiger partial charge >= 0.3 is 0 Å². The van der Waals surface area contributed by atoms with Crippen LogP contribution in [0.2, 0.25) is 0 Å². The van der Waals surface area contributed by atoms with Crippen molar-refractivity contribution in [1.29, 1.82) is 0 Å². The van der Waals surface area contributed by atoms with Crippen LogP contribution in [0.1, 0.15) is 106 Å². The molecule has 0 bridgehead atoms. The van der Waals surface area contributed by atoms with E-state index in [1.165, 1.54) is 12.1 Å². The van der Waals surface area contributed by atoms with E-state index in [1.807, 2.05) is 6.08 Å². The highest BCUT2D eigenvalue weighted by molar-refractivity contribution is 5.52. The number of aliphatic hydroxyl groups excluding tert-OH is 1. The van der Waals surface area contributed by atoms with Crippen LogP contribution in [0.3, 0.4) is 0 Å². The van der Waals surface area contributed by atoms with Gasteiger partial charge in [-0.05, 0) is 111 Å². The van der Waals surface area contributed by atoms with Gasteiger partial charge in [0.15, 0.2) is 23.2 Å². The smallest absolute Gasteiger partial charge is 0.201 e. The van der Waals surface area contributed by atoms with Gasteiger partial charge in [0, 0.05) is 5.56 Å². The molecule has 0 aliphatic heterocycles. The third-order valence-corrected chi connectivity index (χ3v) is 8.90. The first kappa shape index (κ1) is 30.4. The fourth-order valence-corrected chi connectivity index (χ4v) is 6.46. The molecule has 0 saturated heterocycles. The molecule has 2 saturated carbocycles. The van der Waals surface area contributed by atoms with E-state index < -0.39 is 23.3 Å². The van der Waals surface area contributed by atoms with Gasteiger partial charge in [-0.3, -0.25) is 0 Å². The van der Waals surface area contributed by atoms with Gasteiger partial charge in [-0.15, -0.1) is 6.58 Å². The minimum Gasteiger partial charge on any atom is -0.490 e. The Bertz CT molecular complexity index is 1160. The Hall–Kier alpha value is -2.60. The summed E-state index contributed by atoms with van der Waals surface area (Å²) < 4.78 is 64.6. The Morgan fingerprint density at radius 1 is 0.850 bits per heavy atom. The molecule has 4 rings (SSSR count). The maximum Gasteiger partial charge on any atom is 0.201 e. The van der Waals surface area contributed by atoms with Crippen molar-refractivity contribution in [3.05, 3.63) is 83.0 Å². The lowest BCUT2D eigenvalue weighted by Gasteiger charge is -2.32. The molecule has 0 aromatic heterocycles. The molecule has 2 fully saturated rings. The van der Waals surface area contributed by atoms with Gasteiger partial charge in [-0.2, -0.15) is 4.39 Å². The lowest BCUT2D eigenvalue weighted by molar-refractivity contribution is 0.0727. The first-order valence-corrected chi connectivity index (χ1v) is 14.9. The third-order valence-electron chi connectivity index (χ3n) is 8.90. The molecule has 1 unspecified atom stereocenters. The number of ether oxygens (including phenoxy) is 1. The number of allylic oxidation sites excluding steroid dienone is 1. The largest absolute Gasteiger partial charge is 0.490 e. The molecule has 0 spiro atoms. The highest BCUT2D eigenvalue weighted by atomic mass is 19.2. The molecule has 6 heteroatoms. The van der Waals surface area contributed by atoms with Crippen LogP contribution in [0, 0.1) is 35.1 Å². The summed E-state index contributed by atoms with van der Waals surface area (Å²) in [7, 11) is 0. The first-order chi connectivity index (χ1) is 19.3. The second-order valence-corrected chi connectivity index (χ2v) is 11.5. The highest BCUT2D eigenvalue weighted by Gasteiger charge is 2.31. The first-order valence-electron chi connectivity index (χ1n) is 14.9. The van der Waals surface area contributed by atoms with Crippen LogP contribution in [-0.4, -0.2) is 17.8 Å². The Morgan fingerprint density at radius 3 is 2.02 bits per heavy atom. The van der Waals surface area contributed by atoms with Crippen molar-refractivity contribution < 1.29 is 27.4 Å². The lowest BCUT2D eigenvalue weighted by Crippen LogP contribution is -2.25. The third kappa shape index (κ3) is 7.18. The lowest BCUT2D eigenvalue weighted by atomic mass is 9.74. The van der Waals surface area contributed by atoms with Crippen LogP contribution in [0.15, 0.2) is 43.0 Å². The predicted octanol–water partition coefficient (Wildman–Crippen LogP) is 9.62. The molecule has 0 radical (unpaired) electrons. The van der Waals surface area contributed by atoms with E-state index in [0.717, 1.165) is 51.4 Å². The molecule has 1 atom stereocenters. The second kappa shape index (κ2) is 14.3. The van der Waals surface area contributed by atoms with Crippen molar-refractivity contribution in [1.82, 2.24) is 0 Å². The Balaban J connectivity index is 1.33. The predicted molar refractivity (Wildman–Crippen MR) is 152 cm³/mol. The van der Waals surface area contributed by atoms with E-state index in [9.17, 15) is 13.9 Å². The summed E-state index contributed by atoms with van der Waals surface area (Å²) in [6.07, 6.45) is 13.3. The van der Waals surface area contributed by atoms with Gasteiger partial charge in [0.2, 0.25) is 5.82 Å². The van der Waals surface area contributed by atoms with Crippen LogP contribution in [0.5, 0.6) is 5.75 Å². The molecule has 2 aromatic carbocycles. The number of hydrogen-bond donors (Lipinski definition) is 1. The monoisotopic (exact) mass is 558 g/mol. The maximum absolute atomic E-state index is 15.3. The molecule has 2 nitrogen and oxygen atoms in total. The molecule has 218 valence electrons. The number of benzene rings is 2. The average Bonchev–Trinajstić information content (AvgIpc) is 2.97. The highest BCUT2D eigenvalue weighted by Crippen LogP contribution is 2.42. The molecule has 0 heterocycles. The number of rotatable bonds is 11. The van der Waals surface area contributed by atoms with E-state index in [1.54, 1.807) is 24.3 Å². The van der Waals surface area contributed by atoms with Crippen LogP contribution < -0.4 is 4.74 Å². The topological polar surface area (TPSA) is 29.5 Å². The maximum atomic E-state index is 15.3. The zero-order valence-corrected chi connectivity index (χ0v) is 23.5. The number of halogens is 4. The Morgan fingerprint density at radius 2 is 1.45 bits per heavy atom. The van der Waals surface area contributed by atoms with Gasteiger partial charge in [0.05, 0.1) is 12.7 Å². The summed E-state index contributed by atoms with van der Waals surface area (Å²) in [5.41, 5.74) is 1.07. The standard InChI is InChI=1S/C34H42F4O2/c1-3-5-21-40-30-20-17-26(31(35)34(30)38)12-9-22-7-10-23(11-8-22)27-18-19-28(33(37)32(27)36)24-13-15-25(16-14-24)29(39)6-4-2/h3,9,12,17-20,22-25,29,39H,1,4-8,10-11,13-16,21H2,2H3/b12-9+. The summed E-state index contributed by atoms with van der Waals surface area (Å²) in [6, 6.07) is 6.47. The van der Waals surface area contributed by atoms with Crippen LogP contribution in [0.4, 0.5) is 17.6 Å². The fraction of sp³-hybridized carbons (Fsp3) is 0.529. The summed E-state index contributed by atoms with van der Waals surface area (Å²) in [5, 5.41) is 10.3. The molecular weight excluding hydrogens is 516 g/mol. The molecule has 2 aliphatic rings. The van der Waals surface area contributed by atoms with E-state index >= 15 is 8.78 Å². The number of hydrogen-bond acceptors (Lipinski definition) is 2. The van der Waals surface area contributed by atoms with Crippen molar-refractivity contribution in [3.8, 4) is 5.75 Å². The van der Waals surface area contributed by atoms with Crippen molar-refractivity contribution in [2.24, 2.45) is 11.8 Å². The average molecular weight is 559 g/mol. The van der Waals surface area contributed by atoms with Gasteiger partial charge < -0.3 is 9.84 Å². The molecule has 2 aromatic rings. The fourth-order valence-electron chi connectivity index (χ4n) is 6.46. The van der Waals surface area contributed by atoms with E-state index in [0.29, 0.717) is 30.4 Å². The van der Waals surface area contributed by atoms with Crippen molar-refractivity contribution in [2.75, 3.05) is 6.61 Å². The van der Waals surface area contributed by atoms with Crippen molar-refractivity contribution in [2.45, 2.75) is 95.5 Å². The quantitative estimate of drug-likeness (QED) is 0.169. The summed E-state index contributed by atoms with van der Waals surface area (Å²) in [6.45, 7) is 5.87. The Labute approximate surface area is 236 Å². The van der Waals surface area contributed by atoms with E-state index in [2.05, 4.69) is 13.5 Å². The SMILES string of the molecule is C=CCCOc1ccc(/C=C/C2CCC(c3ccc(C4CCC(C(O)CCC)CC4)c(F)c3F)CC2)c(F)c1F. The minimum absolute atomic E-state index is 0.00694. The second-order valence-electron chi connectivity index (χ2n) is 11.5. The van der Waals surface area contributed by atoms with E-state index in [-0.39, 0.29) is 47.7 Å². The van der Waals surface area contributed by atoms with Gasteiger partial charge in [0.1, 0.15) is 0 Å². The van der Waals surface area contributed by atoms with E-state index in [4.69, 9.17) is 4.74 Å². The minimum atomic E-state index is -1.00. The van der Waals surface area contributed by atoms with Crippen LogP contribution in [0.25, 0.3) is 6.08 Å². The molecule has 0 amide bonds. The van der Waals surface area contributed by atoms with Crippen LogP contribution in [-0.2, 0) is 0 Å². The van der Waals surface area contributed by atoms with Gasteiger partial charge in [-0.25, -0.2) is 13.2 Å². The van der Waals surface area contributed by atoms with Gasteiger partial charge in [-0.1, -0.05) is 43.7 Å². The number of aliphatic hydroxyl groups is 1. The normalized spacial score (nSPS) is 24.2. The zero-order valence-electron chi connectivity index (χ0n) is 23.5. The summed E-state index contributed by atoms with van der Waals surface area (Å²) in [4.78, 5) is 0. The molecular formula is C34H42F4O2. The summed E-state index contributed by atoms with van der Waals surface area (Å²) >= 11 is 0. The molecule has 40 heavy (non-hydrogen) atoms. The summed E-state index contributed by atoms with van der Waals surface area (Å²) in [5.74, 6) is -3.15. The molecule has 1 N–H and O–H groups in total. The van der Waals surface area contributed by atoms with Crippen molar-refractivity contribution >= 4 is 6.08 Å². The van der Waals surface area contributed by atoms with Gasteiger partial charge in [0.25, 0.3) is 0 Å². The molecule has 2 aliphatic carbocycles. The Kier molecular flexibility index (Phi) is 10.9.